The van der Waals surface area contributed by atoms with Gasteiger partial charge in [0.25, 0.3) is 5.91 Å². The average molecular weight is 383 g/mol. The summed E-state index contributed by atoms with van der Waals surface area (Å²) >= 11 is 6.09. The van der Waals surface area contributed by atoms with Gasteiger partial charge in [0.2, 0.25) is 6.79 Å². The van der Waals surface area contributed by atoms with Gasteiger partial charge < -0.3 is 20.1 Å². The fraction of sp³-hybridized carbons (Fsp3) is 0.105. The molecule has 1 amide bonds. The quantitative estimate of drug-likeness (QED) is 0.704. The van der Waals surface area contributed by atoms with Crippen molar-refractivity contribution in [3.63, 3.8) is 0 Å². The van der Waals surface area contributed by atoms with E-state index >= 15 is 0 Å². The molecule has 8 heteroatoms. The molecule has 0 radical (unpaired) electrons. The molecule has 0 aliphatic carbocycles. The number of carbonyl (C=O) groups excluding carboxylic acids is 1. The number of rotatable bonds is 4. The topological polar surface area (TPSA) is 85.4 Å². The number of hydrogen-bond acceptors (Lipinski definition) is 6. The van der Waals surface area contributed by atoms with Gasteiger partial charge in [0.1, 0.15) is 17.3 Å². The van der Waals surface area contributed by atoms with E-state index in [0.717, 1.165) is 5.69 Å². The molecule has 0 atom stereocenters. The van der Waals surface area contributed by atoms with Crippen LogP contribution in [0.3, 0.4) is 0 Å². The lowest BCUT2D eigenvalue weighted by Crippen LogP contribution is -2.15. The van der Waals surface area contributed by atoms with Gasteiger partial charge in [-0.05, 0) is 31.2 Å². The van der Waals surface area contributed by atoms with Crippen LogP contribution in [-0.4, -0.2) is 22.7 Å². The molecule has 0 saturated heterocycles. The first-order valence-corrected chi connectivity index (χ1v) is 8.54. The van der Waals surface area contributed by atoms with E-state index in [2.05, 4.69) is 20.6 Å². The number of fused-ring (bicyclic) bond motifs is 1. The molecule has 0 spiro atoms. The van der Waals surface area contributed by atoms with Gasteiger partial charge in [-0.1, -0.05) is 23.7 Å². The number of carbonyl (C=O) groups is 1. The lowest BCUT2D eigenvalue weighted by Gasteiger charge is -2.10. The van der Waals surface area contributed by atoms with E-state index in [9.17, 15) is 4.79 Å². The van der Waals surface area contributed by atoms with Crippen LogP contribution >= 0.6 is 11.6 Å². The summed E-state index contributed by atoms with van der Waals surface area (Å²) < 4.78 is 10.7. The van der Waals surface area contributed by atoms with Crippen molar-refractivity contribution in [2.75, 3.05) is 17.4 Å². The first-order valence-electron chi connectivity index (χ1n) is 8.17. The molecule has 0 fully saturated rings. The van der Waals surface area contributed by atoms with Crippen molar-refractivity contribution < 1.29 is 14.3 Å². The molecular weight excluding hydrogens is 368 g/mol. The molecule has 27 heavy (non-hydrogen) atoms. The number of hydrogen-bond donors (Lipinski definition) is 2. The Kier molecular flexibility index (Phi) is 4.52. The number of benzene rings is 2. The Morgan fingerprint density at radius 3 is 2.74 bits per heavy atom. The second-order valence-electron chi connectivity index (χ2n) is 5.81. The molecular formula is C19H15ClN4O3. The molecule has 7 nitrogen and oxygen atoms in total. The SMILES string of the molecule is Cc1nc(Nc2ccc3c(c2)OCO3)cc(C(=O)Nc2ccccc2Cl)n1. The predicted octanol–water partition coefficient (Wildman–Crippen LogP) is 4.16. The highest BCUT2D eigenvalue weighted by molar-refractivity contribution is 6.33. The van der Waals surface area contributed by atoms with Crippen molar-refractivity contribution in [3.05, 3.63) is 65.1 Å². The van der Waals surface area contributed by atoms with E-state index in [-0.39, 0.29) is 18.4 Å². The van der Waals surface area contributed by atoms with Gasteiger partial charge in [0, 0.05) is 17.8 Å². The molecule has 2 N–H and O–H groups in total. The fourth-order valence-electron chi connectivity index (χ4n) is 2.62. The summed E-state index contributed by atoms with van der Waals surface area (Å²) in [5, 5.41) is 6.36. The maximum Gasteiger partial charge on any atom is 0.274 e. The van der Waals surface area contributed by atoms with Gasteiger partial charge in [0.05, 0.1) is 10.7 Å². The minimum Gasteiger partial charge on any atom is -0.454 e. The highest BCUT2D eigenvalue weighted by atomic mass is 35.5. The van der Waals surface area contributed by atoms with Gasteiger partial charge >= 0.3 is 0 Å². The first-order chi connectivity index (χ1) is 13.1. The van der Waals surface area contributed by atoms with Crippen LogP contribution in [0.4, 0.5) is 17.2 Å². The Morgan fingerprint density at radius 2 is 1.89 bits per heavy atom. The van der Waals surface area contributed by atoms with Gasteiger partial charge in [-0.3, -0.25) is 4.79 Å². The zero-order valence-electron chi connectivity index (χ0n) is 14.3. The van der Waals surface area contributed by atoms with E-state index in [1.807, 2.05) is 18.2 Å². The Bertz CT molecular complexity index is 1030. The Balaban J connectivity index is 1.56. The maximum atomic E-state index is 12.6. The summed E-state index contributed by atoms with van der Waals surface area (Å²) in [6.07, 6.45) is 0. The number of para-hydroxylation sites is 1. The zero-order valence-corrected chi connectivity index (χ0v) is 15.1. The van der Waals surface area contributed by atoms with E-state index < -0.39 is 0 Å². The Hall–Kier alpha value is -3.32. The molecule has 0 unspecified atom stereocenters. The van der Waals surface area contributed by atoms with Crippen LogP contribution in [0.5, 0.6) is 11.5 Å². The predicted molar refractivity (Wildman–Crippen MR) is 102 cm³/mol. The van der Waals surface area contributed by atoms with Crippen LogP contribution in [-0.2, 0) is 0 Å². The Morgan fingerprint density at radius 1 is 1.07 bits per heavy atom. The third kappa shape index (κ3) is 3.78. The molecule has 0 saturated carbocycles. The van der Waals surface area contributed by atoms with E-state index in [1.165, 1.54) is 0 Å². The van der Waals surface area contributed by atoms with Gasteiger partial charge in [-0.25, -0.2) is 9.97 Å². The zero-order chi connectivity index (χ0) is 18.8. The highest BCUT2D eigenvalue weighted by Crippen LogP contribution is 2.35. The number of ether oxygens (including phenoxy) is 2. The number of amides is 1. The lowest BCUT2D eigenvalue weighted by molar-refractivity contribution is 0.102. The van der Waals surface area contributed by atoms with Crippen LogP contribution in [0.1, 0.15) is 16.3 Å². The summed E-state index contributed by atoms with van der Waals surface area (Å²) in [5.74, 6) is 1.93. The normalized spacial score (nSPS) is 11.9. The summed E-state index contributed by atoms with van der Waals surface area (Å²) in [4.78, 5) is 21.1. The first kappa shape index (κ1) is 17.1. The van der Waals surface area contributed by atoms with E-state index in [0.29, 0.717) is 33.9 Å². The van der Waals surface area contributed by atoms with Crippen LogP contribution in [0, 0.1) is 6.92 Å². The third-order valence-corrected chi connectivity index (χ3v) is 4.17. The molecule has 0 bridgehead atoms. The fourth-order valence-corrected chi connectivity index (χ4v) is 2.80. The molecule has 2 heterocycles. The molecule has 136 valence electrons. The molecule has 1 aliphatic heterocycles. The van der Waals surface area contributed by atoms with Crippen molar-refractivity contribution in [2.45, 2.75) is 6.92 Å². The summed E-state index contributed by atoms with van der Waals surface area (Å²) in [6.45, 7) is 1.93. The standard InChI is InChI=1S/C19H15ClN4O3/c1-11-21-15(19(25)24-14-5-3-2-4-13(14)20)9-18(22-11)23-12-6-7-16-17(8-12)27-10-26-16/h2-9H,10H2,1H3,(H,24,25)(H,21,22,23). The second-order valence-corrected chi connectivity index (χ2v) is 6.22. The van der Waals surface area contributed by atoms with E-state index in [1.54, 1.807) is 37.3 Å². The van der Waals surface area contributed by atoms with Crippen LogP contribution in [0.25, 0.3) is 0 Å². The number of nitrogens with one attached hydrogen (secondary N) is 2. The van der Waals surface area contributed by atoms with Crippen molar-refractivity contribution in [2.24, 2.45) is 0 Å². The Labute approximate surface area is 160 Å². The maximum absolute atomic E-state index is 12.6. The number of aromatic nitrogens is 2. The summed E-state index contributed by atoms with van der Waals surface area (Å²) in [6, 6.07) is 14.0. The minimum absolute atomic E-state index is 0.206. The number of halogens is 1. The van der Waals surface area contributed by atoms with Crippen molar-refractivity contribution in [3.8, 4) is 11.5 Å². The number of anilines is 3. The number of aryl methyl sites for hydroxylation is 1. The molecule has 1 aliphatic rings. The smallest absolute Gasteiger partial charge is 0.274 e. The highest BCUT2D eigenvalue weighted by Gasteiger charge is 2.15. The molecule has 4 rings (SSSR count). The van der Waals surface area contributed by atoms with Crippen molar-refractivity contribution in [1.29, 1.82) is 0 Å². The largest absolute Gasteiger partial charge is 0.454 e. The molecule has 2 aromatic carbocycles. The number of nitrogens with zero attached hydrogens (tertiary/aromatic N) is 2. The monoisotopic (exact) mass is 382 g/mol. The third-order valence-electron chi connectivity index (χ3n) is 3.84. The van der Waals surface area contributed by atoms with Crippen molar-refractivity contribution >= 4 is 34.7 Å². The van der Waals surface area contributed by atoms with Gasteiger partial charge in [0.15, 0.2) is 11.5 Å². The summed E-state index contributed by atoms with van der Waals surface area (Å²) in [7, 11) is 0. The minimum atomic E-state index is -0.373. The van der Waals surface area contributed by atoms with Gasteiger partial charge in [-0.2, -0.15) is 0 Å². The lowest BCUT2D eigenvalue weighted by atomic mass is 10.2. The van der Waals surface area contributed by atoms with E-state index in [4.69, 9.17) is 21.1 Å². The van der Waals surface area contributed by atoms with Crippen LogP contribution in [0.2, 0.25) is 5.02 Å². The second kappa shape index (κ2) is 7.13. The van der Waals surface area contributed by atoms with Gasteiger partial charge in [-0.15, -0.1) is 0 Å². The molecule has 1 aromatic heterocycles. The average Bonchev–Trinajstić information content (AvgIpc) is 3.11. The van der Waals surface area contributed by atoms with Crippen LogP contribution in [0.15, 0.2) is 48.5 Å². The van der Waals surface area contributed by atoms with Crippen LogP contribution < -0.4 is 20.1 Å². The molecule has 3 aromatic rings. The summed E-state index contributed by atoms with van der Waals surface area (Å²) in [5.41, 5.74) is 1.51. The van der Waals surface area contributed by atoms with Crippen molar-refractivity contribution in [1.82, 2.24) is 9.97 Å².